The highest BCUT2D eigenvalue weighted by Gasteiger charge is 2.45. The van der Waals surface area contributed by atoms with Crippen molar-refractivity contribution in [2.75, 3.05) is 6.61 Å². The third-order valence-corrected chi connectivity index (χ3v) is 3.81. The lowest BCUT2D eigenvalue weighted by Crippen LogP contribution is -2.43. The van der Waals surface area contributed by atoms with Crippen molar-refractivity contribution < 1.29 is 18.3 Å². The van der Waals surface area contributed by atoms with Gasteiger partial charge in [0.2, 0.25) is 5.88 Å². The van der Waals surface area contributed by atoms with Crippen molar-refractivity contribution in [3.05, 3.63) is 23.9 Å². The highest BCUT2D eigenvalue weighted by atomic mass is 19.3. The maximum Gasteiger partial charge on any atom is 0.272 e. The van der Waals surface area contributed by atoms with Gasteiger partial charge < -0.3 is 14.8 Å². The zero-order valence-electron chi connectivity index (χ0n) is 13.5. The Balaban J connectivity index is 2.00. The lowest BCUT2D eigenvalue weighted by atomic mass is 9.94. The number of aromatic nitrogens is 1. The summed E-state index contributed by atoms with van der Waals surface area (Å²) >= 11 is 0. The predicted molar refractivity (Wildman–Crippen MR) is 80.2 cm³/mol. The van der Waals surface area contributed by atoms with Gasteiger partial charge in [-0.2, -0.15) is 0 Å². The molecule has 1 aliphatic heterocycles. The second kappa shape index (κ2) is 6.46. The monoisotopic (exact) mass is 314 g/mol. The number of nitrogens with one attached hydrogen (secondary N) is 1. The highest BCUT2D eigenvalue weighted by Crippen LogP contribution is 2.37. The molecule has 2 heterocycles. The molecule has 1 aromatic heterocycles. The molecule has 2 rings (SSSR count). The number of hydrogen-bond acceptors (Lipinski definition) is 4. The Kier molecular flexibility index (Phi) is 5.02. The van der Waals surface area contributed by atoms with Gasteiger partial charge in [0.1, 0.15) is 0 Å². The van der Waals surface area contributed by atoms with Crippen LogP contribution in [0.5, 0.6) is 5.88 Å². The zero-order valence-corrected chi connectivity index (χ0v) is 13.5. The van der Waals surface area contributed by atoms with Gasteiger partial charge in [0.25, 0.3) is 6.43 Å². The van der Waals surface area contributed by atoms with Crippen molar-refractivity contribution in [3.63, 3.8) is 0 Å². The Hall–Kier alpha value is -1.27. The minimum absolute atomic E-state index is 0.172. The van der Waals surface area contributed by atoms with Crippen LogP contribution in [0.4, 0.5) is 8.78 Å². The molecule has 0 aromatic carbocycles. The standard InChI is InChI=1S/C16H24F2N2O2/c1-15(2)8-12(16(3,4)22-15)20-9-11-6-5-7-19-14(11)21-10-13(17)18/h5-7,12-13,20H,8-10H2,1-4H3. The van der Waals surface area contributed by atoms with Crippen LogP contribution in [0.2, 0.25) is 0 Å². The van der Waals surface area contributed by atoms with E-state index in [4.69, 9.17) is 9.47 Å². The molecular formula is C16H24F2N2O2. The molecule has 0 amide bonds. The maximum atomic E-state index is 12.3. The summed E-state index contributed by atoms with van der Waals surface area (Å²) in [4.78, 5) is 4.03. The van der Waals surface area contributed by atoms with E-state index in [2.05, 4.69) is 38.0 Å². The first-order valence-electron chi connectivity index (χ1n) is 7.48. The molecule has 1 unspecified atom stereocenters. The summed E-state index contributed by atoms with van der Waals surface area (Å²) in [5.41, 5.74) is 0.310. The summed E-state index contributed by atoms with van der Waals surface area (Å²) in [6, 6.07) is 3.77. The second-order valence-electron chi connectivity index (χ2n) is 6.77. The fourth-order valence-corrected chi connectivity index (χ4v) is 2.94. The van der Waals surface area contributed by atoms with Gasteiger partial charge in [-0.1, -0.05) is 6.07 Å². The number of rotatable bonds is 6. The minimum atomic E-state index is -2.51. The van der Waals surface area contributed by atoms with Gasteiger partial charge in [-0.3, -0.25) is 0 Å². The number of hydrogen-bond donors (Lipinski definition) is 1. The lowest BCUT2D eigenvalue weighted by molar-refractivity contribution is -0.0699. The molecule has 1 aromatic rings. The first kappa shape index (κ1) is 17.1. The van der Waals surface area contributed by atoms with Crippen molar-refractivity contribution in [1.82, 2.24) is 10.3 Å². The van der Waals surface area contributed by atoms with Crippen LogP contribution in [0.1, 0.15) is 39.7 Å². The fraction of sp³-hybridized carbons (Fsp3) is 0.688. The zero-order chi connectivity index (χ0) is 16.4. The van der Waals surface area contributed by atoms with E-state index in [9.17, 15) is 8.78 Å². The quantitative estimate of drug-likeness (QED) is 0.876. The van der Waals surface area contributed by atoms with Crippen LogP contribution in [0.3, 0.4) is 0 Å². The van der Waals surface area contributed by atoms with Crippen LogP contribution in [-0.4, -0.2) is 35.3 Å². The summed E-state index contributed by atoms with van der Waals surface area (Å²) in [6.45, 7) is 8.10. The van der Waals surface area contributed by atoms with Gasteiger partial charge in [-0.25, -0.2) is 13.8 Å². The van der Waals surface area contributed by atoms with Crippen molar-refractivity contribution >= 4 is 0 Å². The molecule has 6 heteroatoms. The topological polar surface area (TPSA) is 43.4 Å². The van der Waals surface area contributed by atoms with Crippen LogP contribution >= 0.6 is 0 Å². The van der Waals surface area contributed by atoms with E-state index in [-0.39, 0.29) is 23.1 Å². The first-order valence-corrected chi connectivity index (χ1v) is 7.48. The van der Waals surface area contributed by atoms with E-state index in [1.165, 1.54) is 6.20 Å². The van der Waals surface area contributed by atoms with Crippen LogP contribution in [-0.2, 0) is 11.3 Å². The molecule has 0 saturated carbocycles. The fourth-order valence-electron chi connectivity index (χ4n) is 2.94. The summed E-state index contributed by atoms with van der Waals surface area (Å²) in [7, 11) is 0. The van der Waals surface area contributed by atoms with Crippen LogP contribution in [0.25, 0.3) is 0 Å². The molecule has 124 valence electrons. The molecule has 4 nitrogen and oxygen atoms in total. The molecule has 1 saturated heterocycles. The Morgan fingerprint density at radius 2 is 2.14 bits per heavy atom. The smallest absolute Gasteiger partial charge is 0.272 e. The first-order chi connectivity index (χ1) is 10.2. The Morgan fingerprint density at radius 1 is 1.41 bits per heavy atom. The predicted octanol–water partition coefficient (Wildman–Crippen LogP) is 3.16. The van der Waals surface area contributed by atoms with Crippen molar-refractivity contribution in [1.29, 1.82) is 0 Å². The Bertz CT molecular complexity index is 507. The van der Waals surface area contributed by atoms with Crippen LogP contribution in [0, 0.1) is 0 Å². The minimum Gasteiger partial charge on any atom is -0.471 e. The van der Waals surface area contributed by atoms with Gasteiger partial charge in [0.15, 0.2) is 6.61 Å². The second-order valence-corrected chi connectivity index (χ2v) is 6.77. The number of halogens is 2. The van der Waals surface area contributed by atoms with Gasteiger partial charge in [-0.05, 0) is 40.2 Å². The maximum absolute atomic E-state index is 12.3. The van der Waals surface area contributed by atoms with Crippen molar-refractivity contribution in [3.8, 4) is 5.88 Å². The normalized spacial score (nSPS) is 23.0. The van der Waals surface area contributed by atoms with Crippen LogP contribution in [0.15, 0.2) is 18.3 Å². The molecular weight excluding hydrogens is 290 g/mol. The summed E-state index contributed by atoms with van der Waals surface area (Å²) in [5.74, 6) is 0.256. The van der Waals surface area contributed by atoms with E-state index in [1.54, 1.807) is 6.07 Å². The molecule has 22 heavy (non-hydrogen) atoms. The molecule has 1 fully saturated rings. The molecule has 0 radical (unpaired) electrons. The van der Waals surface area contributed by atoms with Gasteiger partial charge in [-0.15, -0.1) is 0 Å². The summed E-state index contributed by atoms with van der Waals surface area (Å²) in [5, 5.41) is 3.44. The van der Waals surface area contributed by atoms with E-state index in [0.29, 0.717) is 6.54 Å². The SMILES string of the molecule is CC1(C)CC(NCc2cccnc2OCC(F)F)C(C)(C)O1. The largest absolute Gasteiger partial charge is 0.471 e. The molecule has 0 spiro atoms. The summed E-state index contributed by atoms with van der Waals surface area (Å²) < 4.78 is 35.7. The van der Waals surface area contributed by atoms with Gasteiger partial charge in [0, 0.05) is 24.3 Å². The van der Waals surface area contributed by atoms with Gasteiger partial charge in [0.05, 0.1) is 11.2 Å². The van der Waals surface area contributed by atoms with E-state index in [0.717, 1.165) is 12.0 Å². The summed E-state index contributed by atoms with van der Waals surface area (Å²) in [6.07, 6.45) is -0.0884. The van der Waals surface area contributed by atoms with Crippen molar-refractivity contribution in [2.24, 2.45) is 0 Å². The molecule has 1 atom stereocenters. The van der Waals surface area contributed by atoms with Crippen LogP contribution < -0.4 is 10.1 Å². The number of ether oxygens (including phenoxy) is 2. The lowest BCUT2D eigenvalue weighted by Gasteiger charge is -2.28. The number of nitrogens with zero attached hydrogens (tertiary/aromatic N) is 1. The van der Waals surface area contributed by atoms with Crippen molar-refractivity contribution in [2.45, 2.75) is 64.3 Å². The third kappa shape index (κ3) is 4.36. The molecule has 0 aliphatic carbocycles. The Morgan fingerprint density at radius 3 is 2.73 bits per heavy atom. The van der Waals surface area contributed by atoms with E-state index < -0.39 is 13.0 Å². The van der Waals surface area contributed by atoms with E-state index >= 15 is 0 Å². The highest BCUT2D eigenvalue weighted by molar-refractivity contribution is 5.25. The van der Waals surface area contributed by atoms with E-state index in [1.807, 2.05) is 6.07 Å². The molecule has 0 bridgehead atoms. The number of alkyl halides is 2. The molecule has 1 aliphatic rings. The number of pyridine rings is 1. The van der Waals surface area contributed by atoms with Gasteiger partial charge >= 0.3 is 0 Å². The third-order valence-electron chi connectivity index (χ3n) is 3.81. The average Bonchev–Trinajstić information content (AvgIpc) is 2.62. The molecule has 1 N–H and O–H groups in total. The Labute approximate surface area is 130 Å². The average molecular weight is 314 g/mol.